The van der Waals surface area contributed by atoms with E-state index in [9.17, 15) is 28.1 Å². The normalized spacial score (nSPS) is 14.0. The number of anilines is 1. The van der Waals surface area contributed by atoms with Crippen molar-refractivity contribution in [2.45, 2.75) is 23.6 Å². The van der Waals surface area contributed by atoms with Crippen LogP contribution in [0.2, 0.25) is 0 Å². The zero-order valence-corrected chi connectivity index (χ0v) is 28.7. The van der Waals surface area contributed by atoms with Crippen LogP contribution in [0.3, 0.4) is 0 Å². The second-order valence-corrected chi connectivity index (χ2v) is 9.39. The Labute approximate surface area is 288 Å². The van der Waals surface area contributed by atoms with Crippen molar-refractivity contribution in [3.63, 3.8) is 0 Å². The Hall–Kier alpha value is -0.530. The molecule has 2 heterocycles. The molecule has 12 nitrogen and oxygen atoms in total. The van der Waals surface area contributed by atoms with Gasteiger partial charge in [0.1, 0.15) is 10.1 Å². The zero-order valence-electron chi connectivity index (χ0n) is 21.1. The second-order valence-electron chi connectivity index (χ2n) is 7.24. The first-order valence-electron chi connectivity index (χ1n) is 9.78. The quantitative estimate of drug-likeness (QED) is 0.0649. The molecule has 1 aromatic heterocycles. The Kier molecular flexibility index (Phi) is 13.9. The number of aryl methyl sites for hydroxylation is 1. The summed E-state index contributed by atoms with van der Waals surface area (Å²) >= 11 is 0.706. The molecule has 38 heavy (non-hydrogen) atoms. The third-order valence-electron chi connectivity index (χ3n) is 5.02. The van der Waals surface area contributed by atoms with Crippen LogP contribution in [0.5, 0.6) is 5.88 Å². The number of hydrogen-bond donors (Lipinski definition) is 0. The number of amides is 1. The number of nitrogens with zero attached hydrogens (tertiary/aromatic N) is 4. The van der Waals surface area contributed by atoms with Crippen LogP contribution >= 0.6 is 12.0 Å². The van der Waals surface area contributed by atoms with Crippen LogP contribution in [0, 0.1) is 6.92 Å². The van der Waals surface area contributed by atoms with Crippen molar-refractivity contribution in [2.24, 2.45) is 5.10 Å². The molecule has 0 bridgehead atoms. The molecule has 17 heteroatoms. The van der Waals surface area contributed by atoms with Crippen LogP contribution in [-0.4, -0.2) is 34.4 Å². The molecule has 0 aliphatic carbocycles. The zero-order chi connectivity index (χ0) is 25.3. The van der Waals surface area contributed by atoms with E-state index in [1.54, 1.807) is 38.1 Å². The summed E-state index contributed by atoms with van der Waals surface area (Å²) in [6.45, 7) is 3.22. The fraction of sp³-hybridized carbons (Fsp3) is 0.0952. The minimum Gasteiger partial charge on any atom is -0.858 e. The summed E-state index contributed by atoms with van der Waals surface area (Å²) in [5, 5.41) is 35.9. The average Bonchev–Trinajstić information content (AvgIpc) is 3.27. The summed E-state index contributed by atoms with van der Waals surface area (Å²) in [6.07, 6.45) is 1.41. The van der Waals surface area contributed by atoms with Crippen LogP contribution in [0.4, 0.5) is 5.69 Å². The Morgan fingerprint density at radius 2 is 1.55 bits per heavy atom. The van der Waals surface area contributed by atoms with E-state index in [0.717, 1.165) is 16.8 Å². The molecular formula is C21H15N4Na3O8S2. The number of carbonyl (C=O) groups is 1. The molecule has 0 N–H and O–H groups in total. The molecule has 2 aromatic carbocycles. The van der Waals surface area contributed by atoms with Gasteiger partial charge in [-0.3, -0.25) is 9.83 Å². The molecule has 1 amide bonds. The van der Waals surface area contributed by atoms with Gasteiger partial charge in [-0.15, -0.1) is 0 Å². The van der Waals surface area contributed by atoms with Crippen LogP contribution in [0.25, 0.3) is 11.8 Å². The third-order valence-corrected chi connectivity index (χ3v) is 6.46. The SMILES string of the molecule is CC1=NN(c2ccc(SOO[O-])cc2)C(=O)C1=Cc1c(C)nn(-c2ccc(S(=O)(=O)[O-])cc2)c1[O-].[Na+].[Na+].[Na+]. The minimum absolute atomic E-state index is 0. The maximum absolute atomic E-state index is 13.0. The van der Waals surface area contributed by atoms with Crippen molar-refractivity contribution >= 4 is 45.5 Å². The van der Waals surface area contributed by atoms with Gasteiger partial charge in [-0.05, 0) is 74.3 Å². The van der Waals surface area contributed by atoms with Crippen molar-refractivity contribution < 1.29 is 126 Å². The van der Waals surface area contributed by atoms with Gasteiger partial charge in [0.15, 0.2) is 0 Å². The van der Waals surface area contributed by atoms with Crippen LogP contribution < -0.4 is 104 Å². The molecule has 0 unspecified atom stereocenters. The van der Waals surface area contributed by atoms with Crippen LogP contribution in [-0.2, 0) is 24.3 Å². The molecule has 1 aliphatic heterocycles. The first-order chi connectivity index (χ1) is 16.6. The van der Waals surface area contributed by atoms with Crippen molar-refractivity contribution in [1.29, 1.82) is 0 Å². The number of hydrazone groups is 1. The van der Waals surface area contributed by atoms with Crippen LogP contribution in [0.1, 0.15) is 18.2 Å². The number of hydrogen-bond acceptors (Lipinski definition) is 11. The maximum atomic E-state index is 13.0. The molecule has 0 atom stereocenters. The molecule has 1 aliphatic rings. The van der Waals surface area contributed by atoms with Gasteiger partial charge in [0, 0.05) is 10.5 Å². The van der Waals surface area contributed by atoms with Gasteiger partial charge < -0.3 is 14.9 Å². The summed E-state index contributed by atoms with van der Waals surface area (Å²) < 4.78 is 38.7. The van der Waals surface area contributed by atoms with Gasteiger partial charge in [-0.1, -0.05) is 0 Å². The van der Waals surface area contributed by atoms with Gasteiger partial charge in [0.25, 0.3) is 5.91 Å². The summed E-state index contributed by atoms with van der Waals surface area (Å²) in [4.78, 5) is 13.2. The number of rotatable bonds is 7. The Morgan fingerprint density at radius 1 is 0.974 bits per heavy atom. The molecular weight excluding hydrogens is 569 g/mol. The molecule has 0 radical (unpaired) electrons. The van der Waals surface area contributed by atoms with E-state index in [0.29, 0.717) is 34.0 Å². The molecule has 0 saturated heterocycles. The van der Waals surface area contributed by atoms with Crippen molar-refractivity contribution in [3.05, 3.63) is 65.4 Å². The maximum Gasteiger partial charge on any atom is 1.00 e. The minimum atomic E-state index is -4.63. The Morgan fingerprint density at radius 3 is 2.11 bits per heavy atom. The van der Waals surface area contributed by atoms with Gasteiger partial charge in [0.2, 0.25) is 0 Å². The van der Waals surface area contributed by atoms with Crippen molar-refractivity contribution in [3.8, 4) is 11.6 Å². The first kappa shape index (κ1) is 35.5. The summed E-state index contributed by atoms with van der Waals surface area (Å²) in [6, 6.07) is 11.2. The largest absolute Gasteiger partial charge is 1.00 e. The molecule has 182 valence electrons. The van der Waals surface area contributed by atoms with E-state index in [1.165, 1.54) is 23.2 Å². The van der Waals surface area contributed by atoms with E-state index in [1.807, 2.05) is 0 Å². The monoisotopic (exact) mass is 584 g/mol. The standard InChI is InChI=1S/C21H18N4O8S2.3Na/c1-12-18(20(26)24(22-12)14-3-7-16(8-4-14)34-33-32-28)11-19-13(2)23-25(21(19)27)15-5-9-17(10-6-15)35(29,30)31;;;/h3-11,27-28H,1-2H3,(H,29,30,31);;;/q;3*+1/p-3. The third kappa shape index (κ3) is 7.81. The average molecular weight is 584 g/mol. The van der Waals surface area contributed by atoms with Gasteiger partial charge >= 0.3 is 88.7 Å². The molecule has 0 saturated carbocycles. The van der Waals surface area contributed by atoms with E-state index in [4.69, 9.17) is 0 Å². The fourth-order valence-corrected chi connectivity index (χ4v) is 4.14. The summed E-state index contributed by atoms with van der Waals surface area (Å²) in [5.74, 6) is -0.993. The molecule has 0 spiro atoms. The Bertz CT molecular complexity index is 1460. The van der Waals surface area contributed by atoms with Crippen molar-refractivity contribution in [1.82, 2.24) is 9.78 Å². The molecule has 3 aromatic rings. The van der Waals surface area contributed by atoms with E-state index >= 15 is 0 Å². The summed E-state index contributed by atoms with van der Waals surface area (Å²) in [7, 11) is -4.63. The predicted octanol–water partition coefficient (Wildman–Crippen LogP) is -7.79. The first-order valence-corrected chi connectivity index (χ1v) is 11.9. The fourth-order valence-electron chi connectivity index (χ4n) is 3.31. The van der Waals surface area contributed by atoms with Crippen molar-refractivity contribution in [2.75, 3.05) is 5.01 Å². The predicted molar refractivity (Wildman–Crippen MR) is 119 cm³/mol. The van der Waals surface area contributed by atoms with Gasteiger partial charge in [-0.2, -0.15) is 19.5 Å². The van der Waals surface area contributed by atoms with E-state index < -0.39 is 26.8 Å². The molecule has 4 rings (SSSR count). The Balaban J connectivity index is 0.00000241. The van der Waals surface area contributed by atoms with Crippen LogP contribution in [0.15, 0.2) is 69.0 Å². The number of benzene rings is 2. The topological polar surface area (TPSA) is 172 Å². The molecule has 0 fully saturated rings. The van der Waals surface area contributed by atoms with E-state index in [2.05, 4.69) is 19.6 Å². The second kappa shape index (κ2) is 14.9. The smallest absolute Gasteiger partial charge is 0.858 e. The van der Waals surface area contributed by atoms with Gasteiger partial charge in [0.05, 0.1) is 45.3 Å². The van der Waals surface area contributed by atoms with Gasteiger partial charge in [-0.25, -0.2) is 13.1 Å². The number of aromatic nitrogens is 2. The number of carbonyl (C=O) groups excluding carboxylic acids is 1. The van der Waals surface area contributed by atoms with E-state index in [-0.39, 0.29) is 105 Å². The summed E-state index contributed by atoms with van der Waals surface area (Å²) in [5.41, 5.74) is 1.78.